The van der Waals surface area contributed by atoms with Crippen LogP contribution in [0, 0.1) is 20.8 Å². The van der Waals surface area contributed by atoms with Gasteiger partial charge in [-0.3, -0.25) is 9.48 Å². The molecule has 1 amide bonds. The summed E-state index contributed by atoms with van der Waals surface area (Å²) in [5.41, 5.74) is 5.47. The zero-order valence-electron chi connectivity index (χ0n) is 14.6. The summed E-state index contributed by atoms with van der Waals surface area (Å²) in [4.78, 5) is 12.2. The quantitative estimate of drug-likeness (QED) is 0.862. The molecule has 5 nitrogen and oxygen atoms in total. The molecular weight excluding hydrogens is 288 g/mol. The molecule has 2 N–H and O–H groups in total. The first-order chi connectivity index (χ1) is 10.9. The number of aromatic nitrogens is 2. The van der Waals surface area contributed by atoms with Gasteiger partial charge in [-0.15, -0.1) is 0 Å². The van der Waals surface area contributed by atoms with Gasteiger partial charge < -0.3 is 10.6 Å². The second-order valence-corrected chi connectivity index (χ2v) is 6.23. The van der Waals surface area contributed by atoms with Crippen molar-refractivity contribution in [1.82, 2.24) is 15.1 Å². The van der Waals surface area contributed by atoms with Crippen LogP contribution in [0.5, 0.6) is 0 Å². The van der Waals surface area contributed by atoms with Crippen LogP contribution in [-0.2, 0) is 18.4 Å². The summed E-state index contributed by atoms with van der Waals surface area (Å²) in [5.74, 6) is 0.0276. The van der Waals surface area contributed by atoms with Crippen molar-refractivity contribution in [3.63, 3.8) is 0 Å². The number of benzene rings is 1. The number of carbonyl (C=O) groups is 1. The lowest BCUT2D eigenvalue weighted by Gasteiger charge is -2.15. The number of hydrogen-bond donors (Lipinski definition) is 2. The van der Waals surface area contributed by atoms with Crippen LogP contribution in [0.15, 0.2) is 24.4 Å². The maximum Gasteiger partial charge on any atom is 0.225 e. The van der Waals surface area contributed by atoms with Gasteiger partial charge >= 0.3 is 0 Å². The fourth-order valence-electron chi connectivity index (χ4n) is 2.51. The Bertz CT molecular complexity index is 690. The number of nitrogens with one attached hydrogen (secondary N) is 2. The van der Waals surface area contributed by atoms with E-state index in [0.717, 1.165) is 29.1 Å². The Morgan fingerprint density at radius 1 is 1.30 bits per heavy atom. The summed E-state index contributed by atoms with van der Waals surface area (Å²) >= 11 is 0. The van der Waals surface area contributed by atoms with Gasteiger partial charge in [0.05, 0.1) is 6.20 Å². The van der Waals surface area contributed by atoms with E-state index in [1.54, 1.807) is 0 Å². The number of carbonyl (C=O) groups excluding carboxylic acids is 1. The van der Waals surface area contributed by atoms with E-state index in [2.05, 4.69) is 21.8 Å². The topological polar surface area (TPSA) is 59.0 Å². The second-order valence-electron chi connectivity index (χ2n) is 6.23. The molecule has 124 valence electrons. The van der Waals surface area contributed by atoms with Crippen molar-refractivity contribution in [2.24, 2.45) is 7.05 Å². The molecular formula is C18H26N4O. The highest BCUT2D eigenvalue weighted by Gasteiger charge is 2.11. The minimum atomic E-state index is 0.0276. The largest absolute Gasteiger partial charge is 0.326 e. The van der Waals surface area contributed by atoms with Crippen molar-refractivity contribution < 1.29 is 4.79 Å². The van der Waals surface area contributed by atoms with Gasteiger partial charge in [-0.2, -0.15) is 5.10 Å². The monoisotopic (exact) mass is 314 g/mol. The highest BCUT2D eigenvalue weighted by Crippen LogP contribution is 2.16. The molecule has 0 fully saturated rings. The van der Waals surface area contributed by atoms with E-state index in [1.165, 1.54) is 5.56 Å². The number of amides is 1. The van der Waals surface area contributed by atoms with E-state index in [-0.39, 0.29) is 11.9 Å². The van der Waals surface area contributed by atoms with Crippen LogP contribution < -0.4 is 10.6 Å². The number of nitrogens with zero attached hydrogens (tertiary/aromatic N) is 2. The van der Waals surface area contributed by atoms with Gasteiger partial charge in [0.15, 0.2) is 0 Å². The zero-order chi connectivity index (χ0) is 17.0. The number of rotatable bonds is 6. The molecule has 0 aliphatic carbocycles. The van der Waals surface area contributed by atoms with Crippen molar-refractivity contribution in [1.29, 1.82) is 0 Å². The second kappa shape index (κ2) is 7.42. The summed E-state index contributed by atoms with van der Waals surface area (Å²) in [6.45, 7) is 8.84. The van der Waals surface area contributed by atoms with Crippen molar-refractivity contribution in [2.45, 2.75) is 46.7 Å². The number of aryl methyl sites for hydroxylation is 3. The first kappa shape index (κ1) is 17.2. The summed E-state index contributed by atoms with van der Waals surface area (Å²) in [7, 11) is 1.93. The summed E-state index contributed by atoms with van der Waals surface area (Å²) < 4.78 is 1.86. The summed E-state index contributed by atoms with van der Waals surface area (Å²) in [5, 5.41) is 10.6. The minimum absolute atomic E-state index is 0.0276. The lowest BCUT2D eigenvalue weighted by molar-refractivity contribution is -0.116. The van der Waals surface area contributed by atoms with Crippen LogP contribution in [0.1, 0.15) is 35.7 Å². The molecule has 0 saturated heterocycles. The smallest absolute Gasteiger partial charge is 0.225 e. The number of hydrogen-bond acceptors (Lipinski definition) is 3. The van der Waals surface area contributed by atoms with Crippen LogP contribution in [-0.4, -0.2) is 21.7 Å². The molecule has 2 rings (SSSR count). The molecule has 0 saturated carbocycles. The fraction of sp³-hybridized carbons (Fsp3) is 0.444. The molecule has 0 unspecified atom stereocenters. The maximum absolute atomic E-state index is 12.2. The molecule has 5 heteroatoms. The molecule has 1 atom stereocenters. The van der Waals surface area contributed by atoms with E-state index in [0.29, 0.717) is 6.42 Å². The van der Waals surface area contributed by atoms with Crippen molar-refractivity contribution in [2.75, 3.05) is 5.32 Å². The normalized spacial score (nSPS) is 12.2. The summed E-state index contributed by atoms with van der Waals surface area (Å²) in [6, 6.07) is 6.14. The van der Waals surface area contributed by atoms with Crippen LogP contribution in [0.25, 0.3) is 0 Å². The van der Waals surface area contributed by atoms with Crippen LogP contribution in [0.4, 0.5) is 5.69 Å². The molecule has 0 aliphatic rings. The van der Waals surface area contributed by atoms with E-state index < -0.39 is 0 Å². The Kier molecular flexibility index (Phi) is 5.55. The van der Waals surface area contributed by atoms with E-state index in [9.17, 15) is 4.79 Å². The fourth-order valence-corrected chi connectivity index (χ4v) is 2.51. The lowest BCUT2D eigenvalue weighted by atomic mass is 10.1. The molecule has 0 aliphatic heterocycles. The third kappa shape index (κ3) is 4.66. The standard InChI is InChI=1S/C18H26N4O/c1-12-6-7-17(13(2)8-12)21-18(23)9-14(3)19-10-16-11-20-22(5)15(16)4/h6-8,11,14,19H,9-10H2,1-5H3,(H,21,23)/t14-/m0/s1. The van der Waals surface area contributed by atoms with Crippen molar-refractivity contribution in [3.8, 4) is 0 Å². The molecule has 0 radical (unpaired) electrons. The lowest BCUT2D eigenvalue weighted by Crippen LogP contribution is -2.30. The maximum atomic E-state index is 12.2. The van der Waals surface area contributed by atoms with Gasteiger partial charge in [0.1, 0.15) is 0 Å². The molecule has 0 spiro atoms. The highest BCUT2D eigenvalue weighted by molar-refractivity contribution is 5.91. The minimum Gasteiger partial charge on any atom is -0.326 e. The van der Waals surface area contributed by atoms with Crippen LogP contribution in [0.2, 0.25) is 0 Å². The zero-order valence-corrected chi connectivity index (χ0v) is 14.6. The number of anilines is 1. The first-order valence-corrected chi connectivity index (χ1v) is 7.94. The van der Waals surface area contributed by atoms with Gasteiger partial charge in [-0.1, -0.05) is 17.7 Å². The van der Waals surface area contributed by atoms with Crippen molar-refractivity contribution in [3.05, 3.63) is 46.8 Å². The van der Waals surface area contributed by atoms with E-state index in [1.807, 2.05) is 57.8 Å². The SMILES string of the molecule is Cc1ccc(NC(=O)C[C@H](C)NCc2cnn(C)c2C)c(C)c1. The van der Waals surface area contributed by atoms with Crippen molar-refractivity contribution >= 4 is 11.6 Å². The third-order valence-electron chi connectivity index (χ3n) is 4.13. The predicted molar refractivity (Wildman–Crippen MR) is 93.4 cm³/mol. The molecule has 23 heavy (non-hydrogen) atoms. The Balaban J connectivity index is 1.83. The van der Waals surface area contributed by atoms with Crippen LogP contribution in [0.3, 0.4) is 0 Å². The molecule has 1 aromatic heterocycles. The third-order valence-corrected chi connectivity index (χ3v) is 4.13. The predicted octanol–water partition coefficient (Wildman–Crippen LogP) is 2.85. The highest BCUT2D eigenvalue weighted by atomic mass is 16.1. The Hall–Kier alpha value is -2.14. The van der Waals surface area contributed by atoms with Gasteiger partial charge in [0, 0.05) is 43.0 Å². The van der Waals surface area contributed by atoms with Gasteiger partial charge in [-0.25, -0.2) is 0 Å². The average Bonchev–Trinajstić information content (AvgIpc) is 2.79. The Morgan fingerprint density at radius 2 is 2.04 bits per heavy atom. The van der Waals surface area contributed by atoms with E-state index in [4.69, 9.17) is 0 Å². The van der Waals surface area contributed by atoms with Gasteiger partial charge in [0.2, 0.25) is 5.91 Å². The van der Waals surface area contributed by atoms with Crippen LogP contribution >= 0.6 is 0 Å². The molecule has 2 aromatic rings. The van der Waals surface area contributed by atoms with E-state index >= 15 is 0 Å². The Morgan fingerprint density at radius 3 is 2.65 bits per heavy atom. The first-order valence-electron chi connectivity index (χ1n) is 7.94. The Labute approximate surface area is 138 Å². The average molecular weight is 314 g/mol. The molecule has 1 aromatic carbocycles. The molecule has 1 heterocycles. The molecule has 0 bridgehead atoms. The van der Waals surface area contributed by atoms with Gasteiger partial charge in [-0.05, 0) is 39.3 Å². The van der Waals surface area contributed by atoms with Gasteiger partial charge in [0.25, 0.3) is 0 Å². The summed E-state index contributed by atoms with van der Waals surface area (Å²) in [6.07, 6.45) is 2.30.